The van der Waals surface area contributed by atoms with Gasteiger partial charge in [0.1, 0.15) is 0 Å². The van der Waals surface area contributed by atoms with E-state index in [1.54, 1.807) is 12.1 Å². The van der Waals surface area contributed by atoms with Crippen LogP contribution in [0.25, 0.3) is 0 Å². The Kier molecular flexibility index (Phi) is 2.71. The average Bonchev–Trinajstić information content (AvgIpc) is 2.53. The van der Waals surface area contributed by atoms with Crippen LogP contribution in [0.1, 0.15) is 17.3 Å². The van der Waals surface area contributed by atoms with Crippen LogP contribution in [0.4, 0.5) is 11.4 Å². The number of rotatable bonds is 3. The standard InChI is InChI=1S/C13H14N2O2/c1-8(2)7-15(3)9-4-5-10-11(6-9)14-13(17)12(10)16/h4-6H,1,7H2,2-3H3,(H,14,16,17). The summed E-state index contributed by atoms with van der Waals surface area (Å²) in [4.78, 5) is 24.6. The lowest BCUT2D eigenvalue weighted by molar-refractivity contribution is -0.112. The minimum Gasteiger partial charge on any atom is -0.371 e. The van der Waals surface area contributed by atoms with Gasteiger partial charge in [-0.2, -0.15) is 0 Å². The number of likely N-dealkylation sites (N-methyl/N-ethyl adjacent to an activating group) is 1. The number of nitrogens with zero attached hydrogens (tertiary/aromatic N) is 1. The van der Waals surface area contributed by atoms with Crippen LogP contribution < -0.4 is 10.2 Å². The zero-order chi connectivity index (χ0) is 12.6. The molecule has 0 aliphatic carbocycles. The molecule has 0 aromatic heterocycles. The second-order valence-electron chi connectivity index (χ2n) is 4.33. The van der Waals surface area contributed by atoms with Crippen LogP contribution >= 0.6 is 0 Å². The Morgan fingerprint density at radius 3 is 2.76 bits per heavy atom. The molecule has 0 bridgehead atoms. The molecule has 1 N–H and O–H groups in total. The van der Waals surface area contributed by atoms with Crippen molar-refractivity contribution in [2.75, 3.05) is 23.8 Å². The summed E-state index contributed by atoms with van der Waals surface area (Å²) in [5, 5.41) is 2.56. The van der Waals surface area contributed by atoms with Gasteiger partial charge >= 0.3 is 0 Å². The summed E-state index contributed by atoms with van der Waals surface area (Å²) in [6.07, 6.45) is 0. The lowest BCUT2D eigenvalue weighted by Gasteiger charge is -2.19. The van der Waals surface area contributed by atoms with Gasteiger partial charge in [0.2, 0.25) is 0 Å². The SMILES string of the molecule is C=C(C)CN(C)c1ccc2c(c1)NC(=O)C2=O. The van der Waals surface area contributed by atoms with Gasteiger partial charge < -0.3 is 10.2 Å². The van der Waals surface area contributed by atoms with Crippen molar-refractivity contribution in [3.63, 3.8) is 0 Å². The largest absolute Gasteiger partial charge is 0.371 e. The molecule has 1 aliphatic rings. The first-order valence-corrected chi connectivity index (χ1v) is 5.34. The molecule has 0 atom stereocenters. The summed E-state index contributed by atoms with van der Waals surface area (Å²) < 4.78 is 0. The molecule has 0 saturated carbocycles. The zero-order valence-electron chi connectivity index (χ0n) is 9.91. The highest BCUT2D eigenvalue weighted by molar-refractivity contribution is 6.51. The fraction of sp³-hybridized carbons (Fsp3) is 0.231. The second-order valence-corrected chi connectivity index (χ2v) is 4.33. The highest BCUT2D eigenvalue weighted by Gasteiger charge is 2.27. The number of hydrogen-bond acceptors (Lipinski definition) is 3. The van der Waals surface area contributed by atoms with Crippen LogP contribution in [-0.4, -0.2) is 25.3 Å². The van der Waals surface area contributed by atoms with E-state index < -0.39 is 11.7 Å². The number of anilines is 2. The normalized spacial score (nSPS) is 13.3. The van der Waals surface area contributed by atoms with Crippen molar-refractivity contribution in [2.24, 2.45) is 0 Å². The van der Waals surface area contributed by atoms with Crippen LogP contribution in [0.5, 0.6) is 0 Å². The third-order valence-corrected chi connectivity index (χ3v) is 2.65. The van der Waals surface area contributed by atoms with Crippen molar-refractivity contribution < 1.29 is 9.59 Å². The fourth-order valence-electron chi connectivity index (χ4n) is 1.87. The summed E-state index contributed by atoms with van der Waals surface area (Å²) in [5.74, 6) is -1.02. The minimum atomic E-state index is -0.556. The van der Waals surface area contributed by atoms with Gasteiger partial charge in [-0.1, -0.05) is 12.2 Å². The van der Waals surface area contributed by atoms with E-state index >= 15 is 0 Å². The highest BCUT2D eigenvalue weighted by atomic mass is 16.2. The maximum Gasteiger partial charge on any atom is 0.296 e. The van der Waals surface area contributed by atoms with E-state index in [2.05, 4.69) is 11.9 Å². The molecule has 2 rings (SSSR count). The molecule has 1 aromatic rings. The van der Waals surface area contributed by atoms with Gasteiger partial charge in [-0.15, -0.1) is 0 Å². The number of fused-ring (bicyclic) bond motifs is 1. The Hall–Kier alpha value is -2.10. The third kappa shape index (κ3) is 2.06. The Balaban J connectivity index is 2.30. The molecule has 1 amide bonds. The quantitative estimate of drug-likeness (QED) is 0.636. The number of carbonyl (C=O) groups is 2. The molecule has 0 spiro atoms. The van der Waals surface area contributed by atoms with Gasteiger partial charge in [0.25, 0.3) is 11.7 Å². The molecule has 4 nitrogen and oxygen atoms in total. The first-order valence-electron chi connectivity index (χ1n) is 5.34. The van der Waals surface area contributed by atoms with Gasteiger partial charge in [-0.05, 0) is 25.1 Å². The summed E-state index contributed by atoms with van der Waals surface area (Å²) in [6.45, 7) is 6.54. The summed E-state index contributed by atoms with van der Waals surface area (Å²) in [5.41, 5.74) is 3.03. The van der Waals surface area contributed by atoms with E-state index in [-0.39, 0.29) is 0 Å². The van der Waals surface area contributed by atoms with Crippen molar-refractivity contribution in [3.8, 4) is 0 Å². The maximum absolute atomic E-state index is 11.4. The summed E-state index contributed by atoms with van der Waals surface area (Å²) >= 11 is 0. The Labute approximate surface area is 99.9 Å². The molecule has 0 radical (unpaired) electrons. The highest BCUT2D eigenvalue weighted by Crippen LogP contribution is 2.27. The lowest BCUT2D eigenvalue weighted by atomic mass is 10.1. The van der Waals surface area contributed by atoms with E-state index in [0.717, 1.165) is 17.8 Å². The Bertz CT molecular complexity index is 520. The number of Topliss-reactive ketones (excluding diaryl/α,β-unsaturated/α-hetero) is 1. The number of hydrogen-bond donors (Lipinski definition) is 1. The molecule has 1 heterocycles. The van der Waals surface area contributed by atoms with Gasteiger partial charge in [-0.3, -0.25) is 9.59 Å². The number of benzene rings is 1. The van der Waals surface area contributed by atoms with Crippen molar-refractivity contribution in [1.82, 2.24) is 0 Å². The van der Waals surface area contributed by atoms with Crippen LogP contribution in [0.2, 0.25) is 0 Å². The fourth-order valence-corrected chi connectivity index (χ4v) is 1.87. The van der Waals surface area contributed by atoms with Gasteiger partial charge in [0.15, 0.2) is 0 Å². The van der Waals surface area contributed by atoms with Gasteiger partial charge in [0, 0.05) is 19.3 Å². The van der Waals surface area contributed by atoms with E-state index in [4.69, 9.17) is 0 Å². The van der Waals surface area contributed by atoms with Crippen molar-refractivity contribution in [3.05, 3.63) is 35.9 Å². The summed E-state index contributed by atoms with van der Waals surface area (Å²) in [7, 11) is 1.94. The van der Waals surface area contributed by atoms with E-state index in [1.807, 2.05) is 24.9 Å². The minimum absolute atomic E-state index is 0.447. The van der Waals surface area contributed by atoms with Gasteiger partial charge in [-0.25, -0.2) is 0 Å². The van der Waals surface area contributed by atoms with Crippen LogP contribution in [0, 0.1) is 0 Å². The average molecular weight is 230 g/mol. The van der Waals surface area contributed by atoms with Crippen LogP contribution in [0.3, 0.4) is 0 Å². The number of carbonyl (C=O) groups excluding carboxylic acids is 2. The third-order valence-electron chi connectivity index (χ3n) is 2.65. The predicted octanol–water partition coefficient (Wildman–Crippen LogP) is 1.83. The van der Waals surface area contributed by atoms with Crippen LogP contribution in [0.15, 0.2) is 30.4 Å². The maximum atomic E-state index is 11.4. The Morgan fingerprint density at radius 2 is 2.12 bits per heavy atom. The first-order chi connectivity index (χ1) is 7.99. The molecule has 88 valence electrons. The van der Waals surface area contributed by atoms with Crippen LogP contribution in [-0.2, 0) is 4.79 Å². The number of ketones is 1. The zero-order valence-corrected chi connectivity index (χ0v) is 9.91. The topological polar surface area (TPSA) is 49.4 Å². The van der Waals surface area contributed by atoms with E-state index in [9.17, 15) is 9.59 Å². The smallest absolute Gasteiger partial charge is 0.296 e. The van der Waals surface area contributed by atoms with Crippen molar-refractivity contribution in [2.45, 2.75) is 6.92 Å². The van der Waals surface area contributed by atoms with Crippen molar-refractivity contribution >= 4 is 23.1 Å². The summed E-state index contributed by atoms with van der Waals surface area (Å²) in [6, 6.07) is 5.32. The lowest BCUT2D eigenvalue weighted by Crippen LogP contribution is -2.18. The predicted molar refractivity (Wildman–Crippen MR) is 67.5 cm³/mol. The number of nitrogens with one attached hydrogen (secondary N) is 1. The van der Waals surface area contributed by atoms with Crippen molar-refractivity contribution in [1.29, 1.82) is 0 Å². The molecule has 0 fully saturated rings. The molecular weight excluding hydrogens is 216 g/mol. The molecular formula is C13H14N2O2. The Morgan fingerprint density at radius 1 is 1.41 bits per heavy atom. The molecule has 1 aromatic carbocycles. The first kappa shape index (κ1) is 11.4. The molecule has 4 heteroatoms. The van der Waals surface area contributed by atoms with E-state index in [1.165, 1.54) is 0 Å². The molecule has 1 aliphatic heterocycles. The molecule has 0 unspecified atom stereocenters. The number of amides is 1. The van der Waals surface area contributed by atoms with E-state index in [0.29, 0.717) is 11.3 Å². The molecule has 0 saturated heterocycles. The molecule has 17 heavy (non-hydrogen) atoms. The second kappa shape index (κ2) is 4.05. The van der Waals surface area contributed by atoms with Gasteiger partial charge in [0.05, 0.1) is 11.3 Å². The monoisotopic (exact) mass is 230 g/mol.